The van der Waals surface area contributed by atoms with Gasteiger partial charge in [0.25, 0.3) is 5.91 Å². The number of hydrogen-bond acceptors (Lipinski definition) is 3. The standard InChI is InChI=1S/C15H19NO3/c1-10-7-11(2)14(13(8-10)19-3)15(18)16-6-4-5-12(17)9-16/h7-8H,4-6,9H2,1-3H3. The van der Waals surface area contributed by atoms with Gasteiger partial charge in [0, 0.05) is 13.0 Å². The van der Waals surface area contributed by atoms with Gasteiger partial charge in [0.1, 0.15) is 5.75 Å². The number of rotatable bonds is 2. The van der Waals surface area contributed by atoms with E-state index in [1.807, 2.05) is 26.0 Å². The Bertz CT molecular complexity index is 522. The van der Waals surface area contributed by atoms with Gasteiger partial charge >= 0.3 is 0 Å². The number of carbonyl (C=O) groups is 2. The number of carbonyl (C=O) groups excluding carboxylic acids is 2. The van der Waals surface area contributed by atoms with Crippen molar-refractivity contribution in [3.8, 4) is 5.75 Å². The Labute approximate surface area is 113 Å². The predicted molar refractivity (Wildman–Crippen MR) is 72.6 cm³/mol. The van der Waals surface area contributed by atoms with Gasteiger partial charge in [-0.1, -0.05) is 6.07 Å². The van der Waals surface area contributed by atoms with Crippen molar-refractivity contribution in [1.82, 2.24) is 4.90 Å². The molecule has 0 saturated carbocycles. The number of aryl methyl sites for hydroxylation is 2. The largest absolute Gasteiger partial charge is 0.496 e. The van der Waals surface area contributed by atoms with Gasteiger partial charge < -0.3 is 9.64 Å². The third-order valence-corrected chi connectivity index (χ3v) is 3.42. The Hall–Kier alpha value is -1.84. The molecule has 1 aliphatic rings. The number of ketones is 1. The van der Waals surface area contributed by atoms with E-state index in [-0.39, 0.29) is 18.2 Å². The molecule has 4 heteroatoms. The number of ether oxygens (including phenoxy) is 1. The summed E-state index contributed by atoms with van der Waals surface area (Å²) in [5.74, 6) is 0.603. The average molecular weight is 261 g/mol. The zero-order valence-electron chi connectivity index (χ0n) is 11.7. The van der Waals surface area contributed by atoms with Crippen molar-refractivity contribution in [3.63, 3.8) is 0 Å². The summed E-state index contributed by atoms with van der Waals surface area (Å²) >= 11 is 0. The fourth-order valence-corrected chi connectivity index (χ4v) is 2.53. The molecule has 0 N–H and O–H groups in total. The zero-order chi connectivity index (χ0) is 14.0. The maximum absolute atomic E-state index is 12.6. The molecule has 2 rings (SSSR count). The Morgan fingerprint density at radius 2 is 2.05 bits per heavy atom. The minimum Gasteiger partial charge on any atom is -0.496 e. The van der Waals surface area contributed by atoms with E-state index in [1.165, 1.54) is 0 Å². The first-order chi connectivity index (χ1) is 9.02. The van der Waals surface area contributed by atoms with Crippen LogP contribution >= 0.6 is 0 Å². The van der Waals surface area contributed by atoms with E-state index >= 15 is 0 Å². The van der Waals surface area contributed by atoms with Gasteiger partial charge in [-0.25, -0.2) is 0 Å². The van der Waals surface area contributed by atoms with Crippen molar-refractivity contribution in [1.29, 1.82) is 0 Å². The van der Waals surface area contributed by atoms with Crippen LogP contribution in [0.3, 0.4) is 0 Å². The topological polar surface area (TPSA) is 46.6 Å². The SMILES string of the molecule is COc1cc(C)cc(C)c1C(=O)N1CCCC(=O)C1. The number of hydrogen-bond donors (Lipinski definition) is 0. The molecule has 0 spiro atoms. The number of methoxy groups -OCH3 is 1. The molecule has 1 amide bonds. The Morgan fingerprint density at radius 3 is 2.68 bits per heavy atom. The molecular weight excluding hydrogens is 242 g/mol. The van der Waals surface area contributed by atoms with Crippen molar-refractivity contribution in [2.24, 2.45) is 0 Å². The summed E-state index contributed by atoms with van der Waals surface area (Å²) in [7, 11) is 1.56. The molecule has 0 atom stereocenters. The summed E-state index contributed by atoms with van der Waals surface area (Å²) < 4.78 is 5.31. The smallest absolute Gasteiger partial charge is 0.258 e. The molecule has 1 aliphatic heterocycles. The fraction of sp³-hybridized carbons (Fsp3) is 0.467. The van der Waals surface area contributed by atoms with E-state index in [1.54, 1.807) is 12.0 Å². The first-order valence-electron chi connectivity index (χ1n) is 6.49. The number of piperidine rings is 1. The average Bonchev–Trinajstić information content (AvgIpc) is 2.37. The highest BCUT2D eigenvalue weighted by Gasteiger charge is 2.26. The Morgan fingerprint density at radius 1 is 1.32 bits per heavy atom. The molecule has 0 aliphatic carbocycles. The van der Waals surface area contributed by atoms with Crippen molar-refractivity contribution in [2.75, 3.05) is 20.2 Å². The molecule has 0 unspecified atom stereocenters. The number of amides is 1. The van der Waals surface area contributed by atoms with Crippen LogP contribution in [-0.4, -0.2) is 36.8 Å². The summed E-state index contributed by atoms with van der Waals surface area (Å²) in [5.41, 5.74) is 2.52. The number of likely N-dealkylation sites (tertiary alicyclic amines) is 1. The van der Waals surface area contributed by atoms with E-state index in [0.29, 0.717) is 24.3 Å². The lowest BCUT2D eigenvalue weighted by Gasteiger charge is -2.27. The van der Waals surface area contributed by atoms with Gasteiger partial charge in [0.2, 0.25) is 0 Å². The Kier molecular flexibility index (Phi) is 3.88. The molecule has 102 valence electrons. The van der Waals surface area contributed by atoms with E-state index in [9.17, 15) is 9.59 Å². The Balaban J connectivity index is 2.35. The van der Waals surface area contributed by atoms with Gasteiger partial charge in [-0.2, -0.15) is 0 Å². The van der Waals surface area contributed by atoms with Crippen LogP contribution in [0.2, 0.25) is 0 Å². The fourth-order valence-electron chi connectivity index (χ4n) is 2.53. The van der Waals surface area contributed by atoms with Gasteiger partial charge in [0.05, 0.1) is 19.2 Å². The maximum Gasteiger partial charge on any atom is 0.258 e. The van der Waals surface area contributed by atoms with Crippen molar-refractivity contribution >= 4 is 11.7 Å². The highest BCUT2D eigenvalue weighted by atomic mass is 16.5. The van der Waals surface area contributed by atoms with Crippen LogP contribution in [0, 0.1) is 13.8 Å². The summed E-state index contributed by atoms with van der Waals surface area (Å²) in [5, 5.41) is 0. The summed E-state index contributed by atoms with van der Waals surface area (Å²) in [4.78, 5) is 25.6. The molecule has 1 heterocycles. The first-order valence-corrected chi connectivity index (χ1v) is 6.49. The molecular formula is C15H19NO3. The minimum absolute atomic E-state index is 0.109. The van der Waals surface area contributed by atoms with Gasteiger partial charge in [-0.15, -0.1) is 0 Å². The minimum atomic E-state index is -0.109. The molecule has 1 aromatic rings. The second-order valence-corrected chi connectivity index (χ2v) is 5.03. The van der Waals surface area contributed by atoms with Crippen LogP contribution in [-0.2, 0) is 4.79 Å². The van der Waals surface area contributed by atoms with Crippen LogP contribution < -0.4 is 4.74 Å². The molecule has 0 radical (unpaired) electrons. The van der Waals surface area contributed by atoms with Gasteiger partial charge in [0.15, 0.2) is 5.78 Å². The second-order valence-electron chi connectivity index (χ2n) is 5.03. The second kappa shape index (κ2) is 5.43. The van der Waals surface area contributed by atoms with Crippen LogP contribution in [0.25, 0.3) is 0 Å². The van der Waals surface area contributed by atoms with Crippen molar-refractivity contribution < 1.29 is 14.3 Å². The monoisotopic (exact) mass is 261 g/mol. The van der Waals surface area contributed by atoms with E-state index < -0.39 is 0 Å². The first kappa shape index (κ1) is 13.6. The van der Waals surface area contributed by atoms with Crippen LogP contribution in [0.4, 0.5) is 0 Å². The summed E-state index contributed by atoms with van der Waals surface area (Å²) in [6, 6.07) is 3.81. The third kappa shape index (κ3) is 2.78. The van der Waals surface area contributed by atoms with Crippen molar-refractivity contribution in [2.45, 2.75) is 26.7 Å². The highest BCUT2D eigenvalue weighted by molar-refractivity contribution is 6.00. The van der Waals surface area contributed by atoms with Crippen LogP contribution in [0.15, 0.2) is 12.1 Å². The molecule has 0 bridgehead atoms. The van der Waals surface area contributed by atoms with E-state index in [0.717, 1.165) is 17.5 Å². The number of benzene rings is 1. The lowest BCUT2D eigenvalue weighted by atomic mass is 10.0. The predicted octanol–water partition coefficient (Wildman–Crippen LogP) is 2.12. The lowest BCUT2D eigenvalue weighted by molar-refractivity contribution is -0.121. The lowest BCUT2D eigenvalue weighted by Crippen LogP contribution is -2.40. The van der Waals surface area contributed by atoms with Gasteiger partial charge in [-0.05, 0) is 37.5 Å². The normalized spacial score (nSPS) is 15.5. The summed E-state index contributed by atoms with van der Waals surface area (Å²) in [6.45, 7) is 4.72. The maximum atomic E-state index is 12.6. The number of nitrogens with zero attached hydrogens (tertiary/aromatic N) is 1. The van der Waals surface area contributed by atoms with Crippen LogP contribution in [0.1, 0.15) is 34.3 Å². The van der Waals surface area contributed by atoms with E-state index in [2.05, 4.69) is 0 Å². The van der Waals surface area contributed by atoms with Gasteiger partial charge in [-0.3, -0.25) is 9.59 Å². The molecule has 1 aromatic carbocycles. The van der Waals surface area contributed by atoms with E-state index in [4.69, 9.17) is 4.74 Å². The quantitative estimate of drug-likeness (QED) is 0.819. The molecule has 1 saturated heterocycles. The molecule has 1 fully saturated rings. The molecule has 0 aromatic heterocycles. The highest BCUT2D eigenvalue weighted by Crippen LogP contribution is 2.26. The molecule has 19 heavy (non-hydrogen) atoms. The zero-order valence-corrected chi connectivity index (χ0v) is 11.7. The third-order valence-electron chi connectivity index (χ3n) is 3.42. The molecule has 4 nitrogen and oxygen atoms in total. The van der Waals surface area contributed by atoms with Crippen LogP contribution in [0.5, 0.6) is 5.75 Å². The van der Waals surface area contributed by atoms with Crippen molar-refractivity contribution in [3.05, 3.63) is 28.8 Å². The number of Topliss-reactive ketones (excluding diaryl/α,β-unsaturated/α-hetero) is 1. The summed E-state index contributed by atoms with van der Waals surface area (Å²) in [6.07, 6.45) is 1.32.